The van der Waals surface area contributed by atoms with Crippen LogP contribution in [0.25, 0.3) is 0 Å². The highest BCUT2D eigenvalue weighted by Gasteiger charge is 2.49. The first kappa shape index (κ1) is 11.5. The van der Waals surface area contributed by atoms with Crippen LogP contribution >= 0.6 is 27.3 Å². The Morgan fingerprint density at radius 1 is 1.53 bits per heavy atom. The minimum absolute atomic E-state index is 0.0446. The summed E-state index contributed by atoms with van der Waals surface area (Å²) in [7, 11) is 0. The molecule has 0 amide bonds. The fourth-order valence-electron chi connectivity index (χ4n) is 2.78. The summed E-state index contributed by atoms with van der Waals surface area (Å²) in [6.07, 6.45) is 4.38. The van der Waals surface area contributed by atoms with Crippen LogP contribution < -0.4 is 5.73 Å². The molecule has 2 N–H and O–H groups in total. The van der Waals surface area contributed by atoms with Gasteiger partial charge in [0.1, 0.15) is 11.1 Å². The van der Waals surface area contributed by atoms with Crippen molar-refractivity contribution < 1.29 is 4.74 Å². The minimum Gasteiger partial charge on any atom is -0.459 e. The van der Waals surface area contributed by atoms with Crippen LogP contribution in [0.5, 0.6) is 0 Å². The Morgan fingerprint density at radius 2 is 2.29 bits per heavy atom. The fraction of sp³-hybridized carbons (Fsp3) is 0.583. The van der Waals surface area contributed by atoms with Crippen LogP contribution in [0, 0.1) is 0 Å². The molecule has 3 nitrogen and oxygen atoms in total. The summed E-state index contributed by atoms with van der Waals surface area (Å²) in [6.45, 7) is 2.15. The zero-order chi connectivity index (χ0) is 12.1. The first-order valence-electron chi connectivity index (χ1n) is 5.80. The zero-order valence-electron chi connectivity index (χ0n) is 9.70. The normalized spacial score (nSPS) is 30.6. The van der Waals surface area contributed by atoms with Crippen LogP contribution in [0.4, 0.5) is 0 Å². The van der Waals surface area contributed by atoms with Crippen molar-refractivity contribution in [1.82, 2.24) is 0 Å². The molecule has 0 saturated heterocycles. The molecule has 2 heterocycles. The molecule has 1 aromatic heterocycles. The van der Waals surface area contributed by atoms with Gasteiger partial charge in [-0.15, -0.1) is 11.3 Å². The molecular weight excluding hydrogens is 300 g/mol. The van der Waals surface area contributed by atoms with Crippen LogP contribution in [0.2, 0.25) is 0 Å². The maximum atomic E-state index is 5.86. The van der Waals surface area contributed by atoms with Crippen LogP contribution in [0.15, 0.2) is 20.9 Å². The SMILES string of the molecule is CC1(c2cc(Br)cs2)CC2(CCC2)OC(N)=N1. The van der Waals surface area contributed by atoms with Gasteiger partial charge in [-0.2, -0.15) is 0 Å². The van der Waals surface area contributed by atoms with Crippen LogP contribution in [0.1, 0.15) is 37.5 Å². The molecule has 3 rings (SSSR count). The number of halogens is 1. The molecule has 1 fully saturated rings. The number of nitrogens with zero attached hydrogens (tertiary/aromatic N) is 1. The number of ether oxygens (including phenoxy) is 1. The molecule has 1 aliphatic heterocycles. The average molecular weight is 315 g/mol. The van der Waals surface area contributed by atoms with E-state index in [4.69, 9.17) is 10.5 Å². The van der Waals surface area contributed by atoms with Gasteiger partial charge in [-0.1, -0.05) is 0 Å². The highest BCUT2D eigenvalue weighted by molar-refractivity contribution is 9.10. The summed E-state index contributed by atoms with van der Waals surface area (Å²) in [5, 5.41) is 2.09. The van der Waals surface area contributed by atoms with Crippen LogP contribution in [-0.2, 0) is 10.3 Å². The third-order valence-electron chi connectivity index (χ3n) is 3.71. The number of amidine groups is 1. The predicted octanol–water partition coefficient (Wildman–Crippen LogP) is 3.38. The Labute approximate surface area is 113 Å². The molecule has 0 aromatic carbocycles. The van der Waals surface area contributed by atoms with Crippen molar-refractivity contribution in [3.05, 3.63) is 20.8 Å². The number of aliphatic imine (C=N–C) groups is 1. The Balaban J connectivity index is 1.98. The lowest BCUT2D eigenvalue weighted by atomic mass is 9.71. The molecule has 1 aromatic rings. The zero-order valence-corrected chi connectivity index (χ0v) is 12.1. The van der Waals surface area contributed by atoms with Gasteiger partial charge in [-0.25, -0.2) is 4.99 Å². The number of hydrogen-bond donors (Lipinski definition) is 1. The Morgan fingerprint density at radius 3 is 2.82 bits per heavy atom. The van der Waals surface area contributed by atoms with E-state index in [2.05, 4.69) is 39.3 Å². The standard InChI is InChI=1S/C12H15BrN2OS/c1-11(9-5-8(13)6-17-9)7-12(3-2-4-12)16-10(14)15-11/h5-6H,2-4,7H2,1H3,(H2,14,15). The molecule has 1 aliphatic carbocycles. The number of rotatable bonds is 1. The number of thiophene rings is 1. The smallest absolute Gasteiger partial charge is 0.283 e. The molecule has 1 atom stereocenters. The Bertz CT molecular complexity index is 481. The van der Waals surface area contributed by atoms with Gasteiger partial charge in [0.2, 0.25) is 0 Å². The molecule has 2 aliphatic rings. The maximum Gasteiger partial charge on any atom is 0.283 e. The second-order valence-electron chi connectivity index (χ2n) is 5.17. The van der Waals surface area contributed by atoms with Gasteiger partial charge in [0.15, 0.2) is 0 Å². The fourth-order valence-corrected chi connectivity index (χ4v) is 4.31. The molecule has 92 valence electrons. The summed E-state index contributed by atoms with van der Waals surface area (Å²) in [5.74, 6) is 0. The molecule has 0 radical (unpaired) electrons. The van der Waals surface area contributed by atoms with Crippen molar-refractivity contribution in [2.45, 2.75) is 43.7 Å². The number of nitrogens with two attached hydrogens (primary N) is 1. The number of hydrogen-bond acceptors (Lipinski definition) is 4. The summed E-state index contributed by atoms with van der Waals surface area (Å²) < 4.78 is 6.87. The molecule has 5 heteroatoms. The van der Waals surface area contributed by atoms with Gasteiger partial charge in [-0.3, -0.25) is 0 Å². The lowest BCUT2D eigenvalue weighted by molar-refractivity contribution is -0.0575. The molecule has 1 spiro atoms. The molecular formula is C12H15BrN2OS. The van der Waals surface area contributed by atoms with E-state index in [-0.39, 0.29) is 11.1 Å². The molecule has 1 unspecified atom stereocenters. The van der Waals surface area contributed by atoms with Gasteiger partial charge in [0.25, 0.3) is 6.02 Å². The highest BCUT2D eigenvalue weighted by atomic mass is 79.9. The van der Waals surface area contributed by atoms with Crippen molar-refractivity contribution in [3.63, 3.8) is 0 Å². The van der Waals surface area contributed by atoms with Gasteiger partial charge >= 0.3 is 0 Å². The quantitative estimate of drug-likeness (QED) is 0.863. The topological polar surface area (TPSA) is 47.6 Å². The van der Waals surface area contributed by atoms with Gasteiger partial charge < -0.3 is 10.5 Å². The van der Waals surface area contributed by atoms with Gasteiger partial charge in [-0.05, 0) is 48.2 Å². The van der Waals surface area contributed by atoms with E-state index in [9.17, 15) is 0 Å². The predicted molar refractivity (Wildman–Crippen MR) is 73.3 cm³/mol. The van der Waals surface area contributed by atoms with E-state index in [0.29, 0.717) is 6.02 Å². The summed E-state index contributed by atoms with van der Waals surface area (Å²) in [5.41, 5.74) is 5.59. The lowest BCUT2D eigenvalue weighted by Crippen LogP contribution is -2.51. The lowest BCUT2D eigenvalue weighted by Gasteiger charge is -2.48. The summed E-state index contributed by atoms with van der Waals surface area (Å²) >= 11 is 5.22. The molecule has 0 bridgehead atoms. The average Bonchev–Trinajstić information content (AvgIpc) is 2.62. The first-order valence-corrected chi connectivity index (χ1v) is 7.48. The second kappa shape index (κ2) is 3.72. The van der Waals surface area contributed by atoms with Crippen molar-refractivity contribution >= 4 is 33.3 Å². The van der Waals surface area contributed by atoms with Crippen molar-refractivity contribution in [2.75, 3.05) is 0 Å². The van der Waals surface area contributed by atoms with Crippen molar-refractivity contribution in [3.8, 4) is 0 Å². The van der Waals surface area contributed by atoms with Gasteiger partial charge in [0, 0.05) is 21.2 Å². The van der Waals surface area contributed by atoms with Crippen molar-refractivity contribution in [1.29, 1.82) is 0 Å². The van der Waals surface area contributed by atoms with Crippen LogP contribution in [-0.4, -0.2) is 11.6 Å². The van der Waals surface area contributed by atoms with Crippen molar-refractivity contribution in [2.24, 2.45) is 10.7 Å². The molecule has 1 saturated carbocycles. The maximum absolute atomic E-state index is 5.86. The monoisotopic (exact) mass is 314 g/mol. The molecule has 17 heavy (non-hydrogen) atoms. The summed E-state index contributed by atoms with van der Waals surface area (Å²) in [4.78, 5) is 5.79. The second-order valence-corrected chi connectivity index (χ2v) is 7.00. The third kappa shape index (κ3) is 1.89. The summed E-state index contributed by atoms with van der Waals surface area (Å²) in [6, 6.07) is 2.49. The Kier molecular flexibility index (Phi) is 2.52. The van der Waals surface area contributed by atoms with E-state index in [1.165, 1.54) is 11.3 Å². The van der Waals surface area contributed by atoms with Crippen LogP contribution in [0.3, 0.4) is 0 Å². The van der Waals surface area contributed by atoms with E-state index >= 15 is 0 Å². The van der Waals surface area contributed by atoms with E-state index in [1.807, 2.05) is 0 Å². The van der Waals surface area contributed by atoms with Gasteiger partial charge in [0.05, 0.1) is 0 Å². The first-order chi connectivity index (χ1) is 8.01. The van der Waals surface area contributed by atoms with E-state index in [1.54, 1.807) is 11.3 Å². The third-order valence-corrected chi connectivity index (χ3v) is 5.65. The van der Waals surface area contributed by atoms with E-state index in [0.717, 1.165) is 23.7 Å². The Hall–Kier alpha value is -0.550. The minimum atomic E-state index is -0.223. The van der Waals surface area contributed by atoms with E-state index < -0.39 is 0 Å². The highest BCUT2D eigenvalue weighted by Crippen LogP contribution is 2.49. The largest absolute Gasteiger partial charge is 0.459 e.